The molecule has 4 rings (SSSR count). The van der Waals surface area contributed by atoms with Crippen LogP contribution in [0.25, 0.3) is 11.5 Å². The lowest BCUT2D eigenvalue weighted by Gasteiger charge is -2.12. The van der Waals surface area contributed by atoms with Crippen molar-refractivity contribution in [3.63, 3.8) is 0 Å². The van der Waals surface area contributed by atoms with Gasteiger partial charge in [0.15, 0.2) is 13.0 Å². The molecule has 0 spiro atoms. The second kappa shape index (κ2) is 7.32. The summed E-state index contributed by atoms with van der Waals surface area (Å²) in [6.45, 7) is 1.35. The van der Waals surface area contributed by atoms with Gasteiger partial charge in [-0.2, -0.15) is 4.98 Å². The number of nitrogens with zero attached hydrogens (tertiary/aromatic N) is 4. The van der Waals surface area contributed by atoms with Crippen molar-refractivity contribution >= 4 is 6.40 Å². The predicted octanol–water partition coefficient (Wildman–Crippen LogP) is 3.19. The van der Waals surface area contributed by atoms with Crippen LogP contribution in [0.1, 0.15) is 11.4 Å². The van der Waals surface area contributed by atoms with Crippen molar-refractivity contribution in [2.75, 3.05) is 6.67 Å². The summed E-state index contributed by atoms with van der Waals surface area (Å²) in [5.41, 5.74) is 1.74. The summed E-state index contributed by atoms with van der Waals surface area (Å²) in [5, 5.41) is 5.62. The molecule has 0 fully saturated rings. The van der Waals surface area contributed by atoms with Gasteiger partial charge in [0.2, 0.25) is 5.82 Å². The van der Waals surface area contributed by atoms with Gasteiger partial charge in [-0.15, -0.1) is 5.06 Å². The number of ether oxygens (including phenoxy) is 1. The van der Waals surface area contributed by atoms with Crippen molar-refractivity contribution in [1.82, 2.24) is 15.2 Å². The number of halogens is 1. The molecular formula is C18H15FN4O3. The molecule has 0 amide bonds. The van der Waals surface area contributed by atoms with Gasteiger partial charge in [0.25, 0.3) is 5.89 Å². The topological polar surface area (TPSA) is 73.0 Å². The van der Waals surface area contributed by atoms with Gasteiger partial charge in [-0.05, 0) is 42.0 Å². The van der Waals surface area contributed by atoms with Gasteiger partial charge in [-0.1, -0.05) is 17.3 Å². The van der Waals surface area contributed by atoms with E-state index in [1.807, 2.05) is 24.3 Å². The number of hydroxylamine groups is 2. The third-order valence-corrected chi connectivity index (χ3v) is 3.72. The molecule has 1 aliphatic heterocycles. The molecule has 132 valence electrons. The van der Waals surface area contributed by atoms with E-state index in [-0.39, 0.29) is 12.4 Å². The Hall–Kier alpha value is -3.26. The summed E-state index contributed by atoms with van der Waals surface area (Å²) in [6, 6.07) is 13.5. The van der Waals surface area contributed by atoms with Crippen molar-refractivity contribution in [2.45, 2.75) is 13.2 Å². The summed E-state index contributed by atoms with van der Waals surface area (Å²) in [7, 11) is 0. The highest BCUT2D eigenvalue weighted by Crippen LogP contribution is 2.19. The summed E-state index contributed by atoms with van der Waals surface area (Å²) < 4.78 is 23.8. The SMILES string of the molecule is Fc1ccc(-c2nc(COc3ccc(CN4CN=CO4)cc3)no2)cc1. The summed E-state index contributed by atoms with van der Waals surface area (Å²) in [5.74, 6) is 1.12. The van der Waals surface area contributed by atoms with Crippen LogP contribution < -0.4 is 4.74 Å². The second-order valence-electron chi connectivity index (χ2n) is 5.63. The average molecular weight is 354 g/mol. The Morgan fingerprint density at radius 3 is 2.62 bits per heavy atom. The molecule has 0 radical (unpaired) electrons. The van der Waals surface area contributed by atoms with Gasteiger partial charge in [0.1, 0.15) is 18.2 Å². The number of aliphatic imine (C=N–C) groups is 1. The maximum atomic E-state index is 13.0. The maximum absolute atomic E-state index is 13.0. The molecule has 0 atom stereocenters. The van der Waals surface area contributed by atoms with Crippen LogP contribution in [0, 0.1) is 5.82 Å². The number of rotatable bonds is 6. The van der Waals surface area contributed by atoms with E-state index in [9.17, 15) is 4.39 Å². The molecule has 2 heterocycles. The normalized spacial score (nSPS) is 13.7. The van der Waals surface area contributed by atoms with E-state index in [0.29, 0.717) is 36.2 Å². The molecule has 0 aliphatic carbocycles. The molecule has 7 nitrogen and oxygen atoms in total. The van der Waals surface area contributed by atoms with E-state index in [1.54, 1.807) is 17.2 Å². The first-order chi connectivity index (χ1) is 12.8. The van der Waals surface area contributed by atoms with Gasteiger partial charge < -0.3 is 14.1 Å². The lowest BCUT2D eigenvalue weighted by Crippen LogP contribution is -2.17. The minimum Gasteiger partial charge on any atom is -0.485 e. The van der Waals surface area contributed by atoms with Gasteiger partial charge in [0.05, 0.1) is 6.54 Å². The Morgan fingerprint density at radius 1 is 1.08 bits per heavy atom. The van der Waals surface area contributed by atoms with Crippen molar-refractivity contribution in [3.8, 4) is 17.2 Å². The van der Waals surface area contributed by atoms with Crippen molar-refractivity contribution in [1.29, 1.82) is 0 Å². The highest BCUT2D eigenvalue weighted by molar-refractivity contribution is 5.52. The molecule has 1 aliphatic rings. The van der Waals surface area contributed by atoms with Crippen LogP contribution in [0.15, 0.2) is 58.0 Å². The van der Waals surface area contributed by atoms with Crippen LogP contribution in [0.4, 0.5) is 4.39 Å². The molecule has 2 aromatic carbocycles. The van der Waals surface area contributed by atoms with Crippen LogP contribution in [-0.4, -0.2) is 28.3 Å². The molecule has 3 aromatic rings. The van der Waals surface area contributed by atoms with E-state index in [1.165, 1.54) is 18.5 Å². The Labute approximate surface area is 148 Å². The highest BCUT2D eigenvalue weighted by Gasteiger charge is 2.11. The maximum Gasteiger partial charge on any atom is 0.258 e. The Morgan fingerprint density at radius 2 is 1.88 bits per heavy atom. The second-order valence-corrected chi connectivity index (χ2v) is 5.63. The molecule has 0 saturated carbocycles. The Kier molecular flexibility index (Phi) is 4.57. The fraction of sp³-hybridized carbons (Fsp3) is 0.167. The van der Waals surface area contributed by atoms with Gasteiger partial charge in [-0.25, -0.2) is 9.38 Å². The van der Waals surface area contributed by atoms with Gasteiger partial charge in [0, 0.05) is 5.56 Å². The summed E-state index contributed by atoms with van der Waals surface area (Å²) >= 11 is 0. The largest absolute Gasteiger partial charge is 0.485 e. The third kappa shape index (κ3) is 3.86. The predicted molar refractivity (Wildman–Crippen MR) is 90.5 cm³/mol. The zero-order valence-electron chi connectivity index (χ0n) is 13.7. The zero-order chi connectivity index (χ0) is 17.8. The molecule has 8 heteroatoms. The molecule has 1 aromatic heterocycles. The van der Waals surface area contributed by atoms with Crippen LogP contribution in [0.5, 0.6) is 5.75 Å². The third-order valence-electron chi connectivity index (χ3n) is 3.72. The first-order valence-electron chi connectivity index (χ1n) is 7.96. The highest BCUT2D eigenvalue weighted by atomic mass is 19.1. The zero-order valence-corrected chi connectivity index (χ0v) is 13.7. The van der Waals surface area contributed by atoms with E-state index in [2.05, 4.69) is 15.1 Å². The quantitative estimate of drug-likeness (QED) is 0.677. The van der Waals surface area contributed by atoms with Crippen LogP contribution in [-0.2, 0) is 18.0 Å². The number of aromatic nitrogens is 2. The fourth-order valence-corrected chi connectivity index (χ4v) is 2.41. The lowest BCUT2D eigenvalue weighted by molar-refractivity contribution is -0.0519. The van der Waals surface area contributed by atoms with Crippen LogP contribution >= 0.6 is 0 Å². The lowest BCUT2D eigenvalue weighted by atomic mass is 10.2. The van der Waals surface area contributed by atoms with E-state index in [4.69, 9.17) is 14.1 Å². The number of hydrogen-bond acceptors (Lipinski definition) is 7. The molecule has 26 heavy (non-hydrogen) atoms. The van der Waals surface area contributed by atoms with Gasteiger partial charge in [-0.3, -0.25) is 0 Å². The molecule has 0 unspecified atom stereocenters. The van der Waals surface area contributed by atoms with Crippen LogP contribution in [0.2, 0.25) is 0 Å². The molecule has 0 bridgehead atoms. The van der Waals surface area contributed by atoms with Crippen molar-refractivity contribution < 1.29 is 18.5 Å². The van der Waals surface area contributed by atoms with Crippen molar-refractivity contribution in [3.05, 3.63) is 65.7 Å². The smallest absolute Gasteiger partial charge is 0.258 e. The molecule has 0 saturated heterocycles. The molecule has 0 N–H and O–H groups in total. The Bertz CT molecular complexity index is 886. The van der Waals surface area contributed by atoms with Gasteiger partial charge >= 0.3 is 0 Å². The van der Waals surface area contributed by atoms with E-state index in [0.717, 1.165) is 5.56 Å². The van der Waals surface area contributed by atoms with E-state index >= 15 is 0 Å². The van der Waals surface area contributed by atoms with E-state index < -0.39 is 0 Å². The van der Waals surface area contributed by atoms with Crippen molar-refractivity contribution in [2.24, 2.45) is 4.99 Å². The summed E-state index contributed by atoms with van der Waals surface area (Å²) in [6.07, 6.45) is 1.43. The monoisotopic (exact) mass is 354 g/mol. The fourth-order valence-electron chi connectivity index (χ4n) is 2.41. The first-order valence-corrected chi connectivity index (χ1v) is 7.96. The van der Waals surface area contributed by atoms with Crippen LogP contribution in [0.3, 0.4) is 0 Å². The Balaban J connectivity index is 1.33. The number of benzene rings is 2. The minimum atomic E-state index is -0.316. The molecular weight excluding hydrogens is 339 g/mol. The first kappa shape index (κ1) is 16.2. The average Bonchev–Trinajstić information content (AvgIpc) is 3.34. The number of hydrogen-bond donors (Lipinski definition) is 0. The minimum absolute atomic E-state index is 0.174. The standard InChI is InChI=1S/C18H15FN4O3/c19-15-5-3-14(4-6-15)18-21-17(22-26-18)10-24-16-7-1-13(2-8-16)9-23-11-20-12-25-23/h1-8,12H,9-11H2. The summed E-state index contributed by atoms with van der Waals surface area (Å²) in [4.78, 5) is 13.4.